The minimum atomic E-state index is -0.388. The molecule has 1 aliphatic rings. The van der Waals surface area contributed by atoms with Crippen LogP contribution in [0.5, 0.6) is 0 Å². The van der Waals surface area contributed by atoms with E-state index in [0.29, 0.717) is 19.3 Å². The molecule has 1 aromatic carbocycles. The summed E-state index contributed by atoms with van der Waals surface area (Å²) in [5.41, 5.74) is 1.15. The number of carbonyl (C=O) groups is 2. The molecule has 2 amide bonds. The summed E-state index contributed by atoms with van der Waals surface area (Å²) in [5, 5.41) is 2.97. The number of carbonyl (C=O) groups excluding carboxylic acids is 2. The molecular formula is C20H31N3O2. The Morgan fingerprint density at radius 3 is 2.36 bits per heavy atom. The van der Waals surface area contributed by atoms with Crippen LogP contribution < -0.4 is 5.32 Å². The summed E-state index contributed by atoms with van der Waals surface area (Å²) >= 11 is 0. The van der Waals surface area contributed by atoms with Crippen LogP contribution in [0.25, 0.3) is 0 Å². The van der Waals surface area contributed by atoms with Crippen LogP contribution in [0.15, 0.2) is 30.3 Å². The zero-order valence-corrected chi connectivity index (χ0v) is 15.5. The fraction of sp³-hybridized carbons (Fsp3) is 0.600. The average molecular weight is 345 g/mol. The quantitative estimate of drug-likeness (QED) is 0.785. The molecule has 5 heteroatoms. The maximum absolute atomic E-state index is 12.8. The van der Waals surface area contributed by atoms with Crippen LogP contribution in [0.1, 0.15) is 38.7 Å². The van der Waals surface area contributed by atoms with Crippen molar-refractivity contribution in [3.63, 3.8) is 0 Å². The first kappa shape index (κ1) is 19.4. The van der Waals surface area contributed by atoms with Crippen molar-refractivity contribution in [1.82, 2.24) is 15.1 Å². The van der Waals surface area contributed by atoms with Crippen LogP contribution in [0.2, 0.25) is 0 Å². The number of amides is 2. The minimum absolute atomic E-state index is 0.0390. The summed E-state index contributed by atoms with van der Waals surface area (Å²) in [4.78, 5) is 29.3. The van der Waals surface area contributed by atoms with E-state index < -0.39 is 0 Å². The van der Waals surface area contributed by atoms with Gasteiger partial charge in [-0.15, -0.1) is 0 Å². The van der Waals surface area contributed by atoms with E-state index in [2.05, 4.69) is 17.1 Å². The molecular weight excluding hydrogens is 314 g/mol. The van der Waals surface area contributed by atoms with Crippen molar-refractivity contribution >= 4 is 11.8 Å². The topological polar surface area (TPSA) is 52.7 Å². The second kappa shape index (κ2) is 10.2. The summed E-state index contributed by atoms with van der Waals surface area (Å²) in [5.74, 6) is 0.0357. The van der Waals surface area contributed by atoms with Gasteiger partial charge in [-0.25, -0.2) is 0 Å². The van der Waals surface area contributed by atoms with Gasteiger partial charge in [0.1, 0.15) is 6.04 Å². The van der Waals surface area contributed by atoms with Crippen LogP contribution in [-0.2, 0) is 16.0 Å². The molecule has 1 fully saturated rings. The first-order valence-corrected chi connectivity index (χ1v) is 9.48. The molecule has 25 heavy (non-hydrogen) atoms. The maximum atomic E-state index is 12.8. The Kier molecular flexibility index (Phi) is 7.92. The normalized spacial score (nSPS) is 16.5. The van der Waals surface area contributed by atoms with E-state index in [4.69, 9.17) is 0 Å². The lowest BCUT2D eigenvalue weighted by Gasteiger charge is -2.36. The first-order valence-electron chi connectivity index (χ1n) is 9.48. The van der Waals surface area contributed by atoms with Gasteiger partial charge in [0.25, 0.3) is 0 Å². The van der Waals surface area contributed by atoms with Crippen LogP contribution in [0.4, 0.5) is 0 Å². The Morgan fingerprint density at radius 2 is 1.76 bits per heavy atom. The fourth-order valence-electron chi connectivity index (χ4n) is 3.22. The van der Waals surface area contributed by atoms with Gasteiger partial charge in [0.05, 0.1) is 0 Å². The third-order valence-electron chi connectivity index (χ3n) is 4.83. The highest BCUT2D eigenvalue weighted by molar-refractivity contribution is 5.87. The minimum Gasteiger partial charge on any atom is -0.344 e. The molecule has 1 aliphatic heterocycles. The summed E-state index contributed by atoms with van der Waals surface area (Å²) in [6, 6.07) is 9.59. The zero-order chi connectivity index (χ0) is 18.1. The SMILES string of the molecule is CCCC(NC(=O)CCc1ccccc1)C(=O)N1CCN(CC)CC1. The Balaban J connectivity index is 1.84. The van der Waals surface area contributed by atoms with Crippen molar-refractivity contribution in [3.8, 4) is 0 Å². The second-order valence-electron chi connectivity index (χ2n) is 6.65. The second-order valence-corrected chi connectivity index (χ2v) is 6.65. The molecule has 0 radical (unpaired) electrons. The molecule has 0 saturated carbocycles. The standard InChI is InChI=1S/C20H31N3O2/c1-3-8-18(20(25)23-15-13-22(4-2)14-16-23)21-19(24)12-11-17-9-6-5-7-10-17/h5-7,9-10,18H,3-4,8,11-16H2,1-2H3,(H,21,24). The lowest BCUT2D eigenvalue weighted by molar-refractivity contribution is -0.138. The molecule has 138 valence electrons. The lowest BCUT2D eigenvalue weighted by Crippen LogP contribution is -2.54. The molecule has 1 aromatic rings. The smallest absolute Gasteiger partial charge is 0.245 e. The van der Waals surface area contributed by atoms with Gasteiger partial charge in [0, 0.05) is 32.6 Å². The van der Waals surface area contributed by atoms with Crippen molar-refractivity contribution in [2.24, 2.45) is 0 Å². The van der Waals surface area contributed by atoms with Crippen LogP contribution in [-0.4, -0.2) is 60.4 Å². The van der Waals surface area contributed by atoms with E-state index in [-0.39, 0.29) is 17.9 Å². The van der Waals surface area contributed by atoms with Gasteiger partial charge in [-0.05, 0) is 24.9 Å². The highest BCUT2D eigenvalue weighted by Crippen LogP contribution is 2.08. The number of nitrogens with one attached hydrogen (secondary N) is 1. The van der Waals surface area contributed by atoms with Crippen LogP contribution in [0.3, 0.4) is 0 Å². The third kappa shape index (κ3) is 6.16. The molecule has 2 rings (SSSR count). The first-order chi connectivity index (χ1) is 12.1. The van der Waals surface area contributed by atoms with Gasteiger partial charge in [-0.3, -0.25) is 9.59 Å². The molecule has 1 N–H and O–H groups in total. The molecule has 1 atom stereocenters. The van der Waals surface area contributed by atoms with Gasteiger partial charge in [0.2, 0.25) is 11.8 Å². The molecule has 0 aliphatic carbocycles. The predicted molar refractivity (Wildman–Crippen MR) is 100 cm³/mol. The number of likely N-dealkylation sites (N-methyl/N-ethyl adjacent to an activating group) is 1. The van der Waals surface area contributed by atoms with Gasteiger partial charge in [0.15, 0.2) is 0 Å². The van der Waals surface area contributed by atoms with E-state index in [0.717, 1.165) is 44.7 Å². The number of rotatable bonds is 8. The summed E-state index contributed by atoms with van der Waals surface area (Å²) in [7, 11) is 0. The lowest BCUT2D eigenvalue weighted by atomic mass is 10.1. The van der Waals surface area contributed by atoms with E-state index in [1.807, 2.05) is 42.2 Å². The number of aryl methyl sites for hydroxylation is 1. The molecule has 1 saturated heterocycles. The number of nitrogens with zero attached hydrogens (tertiary/aromatic N) is 2. The van der Waals surface area contributed by atoms with Crippen LogP contribution >= 0.6 is 0 Å². The fourth-order valence-corrected chi connectivity index (χ4v) is 3.22. The van der Waals surface area contributed by atoms with Crippen molar-refractivity contribution in [2.75, 3.05) is 32.7 Å². The van der Waals surface area contributed by atoms with Crippen molar-refractivity contribution in [1.29, 1.82) is 0 Å². The van der Waals surface area contributed by atoms with Crippen molar-refractivity contribution < 1.29 is 9.59 Å². The molecule has 0 spiro atoms. The van der Waals surface area contributed by atoms with Crippen molar-refractivity contribution in [3.05, 3.63) is 35.9 Å². The van der Waals surface area contributed by atoms with Gasteiger partial charge < -0.3 is 15.1 Å². The van der Waals surface area contributed by atoms with E-state index in [9.17, 15) is 9.59 Å². The van der Waals surface area contributed by atoms with E-state index >= 15 is 0 Å². The average Bonchev–Trinajstić information content (AvgIpc) is 2.66. The Morgan fingerprint density at radius 1 is 1.08 bits per heavy atom. The maximum Gasteiger partial charge on any atom is 0.245 e. The monoisotopic (exact) mass is 345 g/mol. The molecule has 0 bridgehead atoms. The van der Waals surface area contributed by atoms with Gasteiger partial charge >= 0.3 is 0 Å². The Labute approximate surface area is 151 Å². The summed E-state index contributed by atoms with van der Waals surface area (Å²) < 4.78 is 0. The molecule has 5 nitrogen and oxygen atoms in total. The van der Waals surface area contributed by atoms with E-state index in [1.54, 1.807) is 0 Å². The van der Waals surface area contributed by atoms with Crippen LogP contribution in [0, 0.1) is 0 Å². The predicted octanol–water partition coefficient (Wildman–Crippen LogP) is 2.07. The molecule has 1 unspecified atom stereocenters. The van der Waals surface area contributed by atoms with Gasteiger partial charge in [-0.2, -0.15) is 0 Å². The number of piperazine rings is 1. The van der Waals surface area contributed by atoms with E-state index in [1.165, 1.54) is 0 Å². The van der Waals surface area contributed by atoms with Crippen molar-refractivity contribution in [2.45, 2.75) is 45.6 Å². The van der Waals surface area contributed by atoms with Gasteiger partial charge in [-0.1, -0.05) is 50.6 Å². The highest BCUT2D eigenvalue weighted by Gasteiger charge is 2.27. The Hall–Kier alpha value is -1.88. The number of benzene rings is 1. The summed E-state index contributed by atoms with van der Waals surface area (Å²) in [6.45, 7) is 8.57. The number of hydrogen-bond donors (Lipinski definition) is 1. The zero-order valence-electron chi connectivity index (χ0n) is 15.5. The number of hydrogen-bond acceptors (Lipinski definition) is 3. The molecule has 0 aromatic heterocycles. The highest BCUT2D eigenvalue weighted by atomic mass is 16.2. The molecule has 1 heterocycles. The third-order valence-corrected chi connectivity index (χ3v) is 4.83. The largest absolute Gasteiger partial charge is 0.344 e. The Bertz CT molecular complexity index is 539. The summed E-state index contributed by atoms with van der Waals surface area (Å²) in [6.07, 6.45) is 2.70.